The van der Waals surface area contributed by atoms with Crippen molar-refractivity contribution in [2.24, 2.45) is 0 Å². The molecule has 2 aliphatic heterocycles. The van der Waals surface area contributed by atoms with Gasteiger partial charge in [-0.25, -0.2) is 0 Å². The third kappa shape index (κ3) is 2.27. The molecule has 0 unspecified atom stereocenters. The summed E-state index contributed by atoms with van der Waals surface area (Å²) in [7, 11) is 0. The van der Waals surface area contributed by atoms with E-state index >= 15 is 0 Å². The summed E-state index contributed by atoms with van der Waals surface area (Å²) in [6.07, 6.45) is 0. The Kier molecular flexibility index (Phi) is 3.50. The molecule has 0 radical (unpaired) electrons. The molecule has 0 saturated heterocycles. The van der Waals surface area contributed by atoms with Crippen LogP contribution in [0, 0.1) is 0 Å². The Hall–Kier alpha value is -5.26. The van der Waals surface area contributed by atoms with Crippen LogP contribution in [0.4, 0.5) is 0 Å². The molecule has 0 spiro atoms. The van der Waals surface area contributed by atoms with E-state index in [1.165, 1.54) is 91.5 Å². The van der Waals surface area contributed by atoms with Crippen molar-refractivity contribution in [3.8, 4) is 16.8 Å². The molecule has 43 heavy (non-hydrogen) atoms. The first kappa shape index (κ1) is 21.4. The predicted octanol–water partition coefficient (Wildman–Crippen LogP) is 8.95. The van der Waals surface area contributed by atoms with Gasteiger partial charge in [-0.1, -0.05) is 84.9 Å². The second kappa shape index (κ2) is 7.03. The SMILES string of the molecule is c1ccc2c3c4c(cc2c1)-n1c2c(cccc2c2sc5ccccc5c21)B4n1c2c-3cccc2c2oc3ccccc3c21. The molecular weight excluding hydrogens is 543 g/mol. The zero-order valence-electron chi connectivity index (χ0n) is 22.8. The average Bonchev–Trinajstić information content (AvgIpc) is 3.79. The number of hydrogen-bond acceptors (Lipinski definition) is 2. The smallest absolute Gasteiger partial charge is 0.333 e. The van der Waals surface area contributed by atoms with Gasteiger partial charge in [-0.15, -0.1) is 11.3 Å². The third-order valence-electron chi connectivity index (χ3n) is 10.1. The molecule has 0 aliphatic carbocycles. The lowest BCUT2D eigenvalue weighted by atomic mass is 9.45. The quantitative estimate of drug-likeness (QED) is 0.169. The first-order chi connectivity index (χ1) is 21.4. The van der Waals surface area contributed by atoms with Gasteiger partial charge in [0.05, 0.1) is 21.3 Å². The molecular formula is C38H19BN2OS. The van der Waals surface area contributed by atoms with Crippen LogP contribution in [0.3, 0.4) is 0 Å². The molecule has 0 saturated carbocycles. The number of thiophene rings is 1. The fourth-order valence-corrected chi connectivity index (χ4v) is 9.75. The number of nitrogens with zero attached hydrogens (tertiary/aromatic N) is 2. The lowest BCUT2D eigenvalue weighted by molar-refractivity contribution is 0.673. The highest BCUT2D eigenvalue weighted by molar-refractivity contribution is 7.26. The van der Waals surface area contributed by atoms with Crippen LogP contribution in [0.15, 0.2) is 120 Å². The molecule has 2 aliphatic rings. The van der Waals surface area contributed by atoms with E-state index in [1.807, 2.05) is 11.3 Å². The second-order valence-electron chi connectivity index (χ2n) is 12.0. The van der Waals surface area contributed by atoms with Crippen molar-refractivity contribution in [2.75, 3.05) is 0 Å². The summed E-state index contributed by atoms with van der Waals surface area (Å²) in [6.45, 7) is 0.0250. The maximum Gasteiger partial charge on any atom is 0.333 e. The van der Waals surface area contributed by atoms with Gasteiger partial charge < -0.3 is 13.5 Å². The van der Waals surface area contributed by atoms with E-state index in [4.69, 9.17) is 4.42 Å². The predicted molar refractivity (Wildman–Crippen MR) is 182 cm³/mol. The number of hydrogen-bond donors (Lipinski definition) is 0. The van der Waals surface area contributed by atoms with Gasteiger partial charge >= 0.3 is 6.85 Å². The van der Waals surface area contributed by atoms with Crippen molar-refractivity contribution < 1.29 is 4.42 Å². The van der Waals surface area contributed by atoms with Gasteiger partial charge in [0.1, 0.15) is 5.58 Å². The van der Waals surface area contributed by atoms with Crippen LogP contribution >= 0.6 is 11.3 Å². The van der Waals surface area contributed by atoms with Gasteiger partial charge in [-0.3, -0.25) is 0 Å². The van der Waals surface area contributed by atoms with Crippen LogP contribution in [0.5, 0.6) is 0 Å². The fraction of sp³-hybridized carbons (Fsp3) is 0. The number of rotatable bonds is 0. The highest BCUT2D eigenvalue weighted by Crippen LogP contribution is 2.48. The van der Waals surface area contributed by atoms with Crippen LogP contribution in [0.2, 0.25) is 0 Å². The summed E-state index contributed by atoms with van der Waals surface area (Å²) in [5.74, 6) is 0. The normalized spacial score (nSPS) is 13.5. The van der Waals surface area contributed by atoms with E-state index < -0.39 is 0 Å². The molecule has 0 amide bonds. The van der Waals surface area contributed by atoms with Crippen LogP contribution < -0.4 is 10.9 Å². The summed E-state index contributed by atoms with van der Waals surface area (Å²) >= 11 is 1.92. The minimum absolute atomic E-state index is 0.0250. The maximum absolute atomic E-state index is 6.66. The summed E-state index contributed by atoms with van der Waals surface area (Å²) in [4.78, 5) is 0. The van der Waals surface area contributed by atoms with Crippen molar-refractivity contribution in [3.05, 3.63) is 115 Å². The van der Waals surface area contributed by atoms with Crippen molar-refractivity contribution in [3.63, 3.8) is 0 Å². The number of fused-ring (bicyclic) bond motifs is 16. The summed E-state index contributed by atoms with van der Waals surface area (Å²) in [5.41, 5.74) is 13.7. The van der Waals surface area contributed by atoms with Gasteiger partial charge in [-0.2, -0.15) is 0 Å². The Morgan fingerprint density at radius 3 is 2.33 bits per heavy atom. The zero-order valence-corrected chi connectivity index (χ0v) is 23.6. The maximum atomic E-state index is 6.66. The van der Waals surface area contributed by atoms with E-state index in [1.54, 1.807) is 0 Å². The molecule has 10 aromatic rings. The summed E-state index contributed by atoms with van der Waals surface area (Å²) < 4.78 is 14.6. The third-order valence-corrected chi connectivity index (χ3v) is 11.3. The standard InChI is InChI=1S/C38H19BN2OS/c1-2-10-21-20(9-1)19-28-32-31(21)24-13-7-14-25-33(24)41(35-22-11-3-5-17-29(22)42-37(25)35)39(32)27-16-8-15-26-34(27)40(28)36-23-12-4-6-18-30(23)43-38(26)36/h1-19H. The molecule has 6 heterocycles. The Bertz CT molecular complexity index is 2920. The Morgan fingerprint density at radius 1 is 0.605 bits per heavy atom. The van der Waals surface area contributed by atoms with Gasteiger partial charge in [0.2, 0.25) is 0 Å². The first-order valence-corrected chi connectivity index (χ1v) is 15.6. The minimum Gasteiger partial charge on any atom is -0.454 e. The molecule has 5 heteroatoms. The molecule has 0 fully saturated rings. The number of para-hydroxylation sites is 3. The molecule has 0 bridgehead atoms. The van der Waals surface area contributed by atoms with Crippen LogP contribution in [-0.4, -0.2) is 15.9 Å². The van der Waals surface area contributed by atoms with Crippen molar-refractivity contribution in [1.82, 2.24) is 9.05 Å². The van der Waals surface area contributed by atoms with Crippen LogP contribution in [-0.2, 0) is 0 Å². The van der Waals surface area contributed by atoms with Gasteiger partial charge in [-0.05, 0) is 57.6 Å². The second-order valence-corrected chi connectivity index (χ2v) is 13.1. The number of benzene rings is 6. The highest BCUT2D eigenvalue weighted by atomic mass is 32.1. The molecule has 4 aromatic heterocycles. The van der Waals surface area contributed by atoms with Crippen LogP contribution in [0.25, 0.3) is 91.8 Å². The zero-order chi connectivity index (χ0) is 27.6. The molecule has 6 aromatic carbocycles. The largest absolute Gasteiger partial charge is 0.454 e. The molecule has 0 N–H and O–H groups in total. The molecule has 3 nitrogen and oxygen atoms in total. The van der Waals surface area contributed by atoms with Crippen molar-refractivity contribution in [2.45, 2.75) is 0 Å². The molecule has 196 valence electrons. The van der Waals surface area contributed by atoms with E-state index in [-0.39, 0.29) is 6.85 Å². The van der Waals surface area contributed by atoms with Crippen molar-refractivity contribution >= 4 is 104 Å². The molecule has 12 rings (SSSR count). The van der Waals surface area contributed by atoms with E-state index in [9.17, 15) is 0 Å². The van der Waals surface area contributed by atoms with E-state index in [0.29, 0.717) is 0 Å². The fourth-order valence-electron chi connectivity index (χ4n) is 8.54. The minimum atomic E-state index is 0.0250. The average molecular weight is 562 g/mol. The van der Waals surface area contributed by atoms with Crippen molar-refractivity contribution in [1.29, 1.82) is 0 Å². The monoisotopic (exact) mass is 562 g/mol. The highest BCUT2D eigenvalue weighted by Gasteiger charge is 2.43. The Balaban J connectivity index is 1.41. The Labute approximate surface area is 248 Å². The number of aromatic nitrogens is 2. The lowest BCUT2D eigenvalue weighted by Crippen LogP contribution is -2.55. The van der Waals surface area contributed by atoms with Gasteiger partial charge in [0.15, 0.2) is 5.58 Å². The summed E-state index contributed by atoms with van der Waals surface area (Å²) in [5, 5.41) is 7.60. The Morgan fingerprint density at radius 2 is 1.37 bits per heavy atom. The first-order valence-electron chi connectivity index (χ1n) is 14.8. The van der Waals surface area contributed by atoms with Gasteiger partial charge in [0.25, 0.3) is 0 Å². The topological polar surface area (TPSA) is 23.0 Å². The van der Waals surface area contributed by atoms with Gasteiger partial charge in [0, 0.05) is 43.0 Å². The number of furan rings is 1. The van der Waals surface area contributed by atoms with E-state index in [2.05, 4.69) is 124 Å². The lowest BCUT2D eigenvalue weighted by Gasteiger charge is -2.34. The summed E-state index contributed by atoms with van der Waals surface area (Å²) in [6, 6.07) is 42.5. The molecule has 0 atom stereocenters. The van der Waals surface area contributed by atoms with E-state index in [0.717, 1.165) is 11.2 Å². The van der Waals surface area contributed by atoms with Crippen LogP contribution in [0.1, 0.15) is 0 Å².